The molecule has 88 valence electrons. The summed E-state index contributed by atoms with van der Waals surface area (Å²) in [5.74, 6) is 0.946. The highest BCUT2D eigenvalue weighted by atomic mass is 35.5. The van der Waals surface area contributed by atoms with E-state index in [1.807, 2.05) is 12.1 Å². The minimum absolute atomic E-state index is 0.139. The second-order valence-electron chi connectivity index (χ2n) is 3.42. The predicted octanol–water partition coefficient (Wildman–Crippen LogP) is 4.28. The molecule has 0 bridgehead atoms. The molecule has 17 heavy (non-hydrogen) atoms. The Hall–Kier alpha value is -1.22. The van der Waals surface area contributed by atoms with Crippen molar-refractivity contribution in [1.82, 2.24) is 0 Å². The first kappa shape index (κ1) is 12.2. The average Bonchev–Trinajstić information content (AvgIpc) is 2.34. The Morgan fingerprint density at radius 3 is 2.35 bits per heavy atom. The molecule has 0 amide bonds. The molecule has 0 aliphatic carbocycles. The minimum Gasteiger partial charge on any atom is -0.454 e. The third-order valence-electron chi connectivity index (χ3n) is 2.27. The standard InChI is InChI=1S/C13H10Cl2O2/c14-10-5-1-2-7-12(10)17-13-9(8-16)4-3-6-11(13)15/h1-7,16H,8H2. The topological polar surface area (TPSA) is 29.5 Å². The van der Waals surface area contributed by atoms with Crippen molar-refractivity contribution < 1.29 is 9.84 Å². The molecule has 0 aromatic heterocycles. The first-order valence-electron chi connectivity index (χ1n) is 5.03. The lowest BCUT2D eigenvalue weighted by molar-refractivity contribution is 0.276. The van der Waals surface area contributed by atoms with Crippen LogP contribution in [0.4, 0.5) is 0 Å². The highest BCUT2D eigenvalue weighted by Gasteiger charge is 2.10. The van der Waals surface area contributed by atoms with E-state index in [-0.39, 0.29) is 6.61 Å². The van der Waals surface area contributed by atoms with Gasteiger partial charge in [0.05, 0.1) is 16.7 Å². The molecule has 2 nitrogen and oxygen atoms in total. The number of aliphatic hydroxyl groups excluding tert-OH is 1. The zero-order valence-corrected chi connectivity index (χ0v) is 10.4. The van der Waals surface area contributed by atoms with Gasteiger partial charge < -0.3 is 9.84 Å². The zero-order valence-electron chi connectivity index (χ0n) is 8.86. The zero-order chi connectivity index (χ0) is 12.3. The summed E-state index contributed by atoms with van der Waals surface area (Å²) >= 11 is 12.0. The summed E-state index contributed by atoms with van der Waals surface area (Å²) in [6.07, 6.45) is 0. The van der Waals surface area contributed by atoms with Crippen molar-refractivity contribution in [2.75, 3.05) is 0 Å². The van der Waals surface area contributed by atoms with Crippen LogP contribution in [0.1, 0.15) is 5.56 Å². The van der Waals surface area contributed by atoms with Gasteiger partial charge in [-0.3, -0.25) is 0 Å². The summed E-state index contributed by atoms with van der Waals surface area (Å²) < 4.78 is 5.64. The van der Waals surface area contributed by atoms with Gasteiger partial charge >= 0.3 is 0 Å². The van der Waals surface area contributed by atoms with E-state index >= 15 is 0 Å². The second kappa shape index (κ2) is 5.41. The summed E-state index contributed by atoms with van der Waals surface area (Å²) in [4.78, 5) is 0. The van der Waals surface area contributed by atoms with Gasteiger partial charge in [-0.05, 0) is 18.2 Å². The van der Waals surface area contributed by atoms with E-state index in [1.54, 1.807) is 30.3 Å². The maximum Gasteiger partial charge on any atom is 0.151 e. The maximum absolute atomic E-state index is 9.22. The van der Waals surface area contributed by atoms with E-state index in [9.17, 15) is 5.11 Å². The van der Waals surface area contributed by atoms with Crippen LogP contribution in [0.5, 0.6) is 11.5 Å². The second-order valence-corrected chi connectivity index (χ2v) is 4.23. The monoisotopic (exact) mass is 268 g/mol. The highest BCUT2D eigenvalue weighted by molar-refractivity contribution is 6.33. The first-order valence-corrected chi connectivity index (χ1v) is 5.78. The molecule has 0 aliphatic rings. The summed E-state index contributed by atoms with van der Waals surface area (Å²) in [5, 5.41) is 10.2. The highest BCUT2D eigenvalue weighted by Crippen LogP contribution is 2.35. The fourth-order valence-electron chi connectivity index (χ4n) is 1.43. The molecule has 4 heteroatoms. The number of halogens is 2. The van der Waals surface area contributed by atoms with Gasteiger partial charge in [0.25, 0.3) is 0 Å². The fourth-order valence-corrected chi connectivity index (χ4v) is 1.84. The van der Waals surface area contributed by atoms with Crippen molar-refractivity contribution in [3.63, 3.8) is 0 Å². The number of para-hydroxylation sites is 2. The minimum atomic E-state index is -0.139. The van der Waals surface area contributed by atoms with Crippen molar-refractivity contribution in [2.45, 2.75) is 6.61 Å². The number of rotatable bonds is 3. The summed E-state index contributed by atoms with van der Waals surface area (Å²) in [7, 11) is 0. The summed E-state index contributed by atoms with van der Waals surface area (Å²) in [6.45, 7) is -0.139. The van der Waals surface area contributed by atoms with Gasteiger partial charge in [0.2, 0.25) is 0 Å². The van der Waals surface area contributed by atoms with Gasteiger partial charge in [-0.1, -0.05) is 47.5 Å². The Morgan fingerprint density at radius 2 is 1.65 bits per heavy atom. The van der Waals surface area contributed by atoms with Crippen LogP contribution in [0, 0.1) is 0 Å². The molecule has 2 rings (SSSR count). The SMILES string of the molecule is OCc1cccc(Cl)c1Oc1ccccc1Cl. The van der Waals surface area contributed by atoms with Gasteiger partial charge in [0.1, 0.15) is 5.75 Å². The van der Waals surface area contributed by atoms with Crippen LogP contribution in [0.25, 0.3) is 0 Å². The van der Waals surface area contributed by atoms with Crippen LogP contribution in [0.2, 0.25) is 10.0 Å². The summed E-state index contributed by atoms with van der Waals surface area (Å²) in [6, 6.07) is 12.3. The number of ether oxygens (including phenoxy) is 1. The number of hydrogen-bond acceptors (Lipinski definition) is 2. The lowest BCUT2D eigenvalue weighted by Crippen LogP contribution is -1.93. The Labute approximate surface area is 109 Å². The van der Waals surface area contributed by atoms with E-state index in [4.69, 9.17) is 27.9 Å². The van der Waals surface area contributed by atoms with Crippen LogP contribution < -0.4 is 4.74 Å². The number of hydrogen-bond donors (Lipinski definition) is 1. The van der Waals surface area contributed by atoms with Crippen LogP contribution in [-0.2, 0) is 6.61 Å². The normalized spacial score (nSPS) is 10.3. The Kier molecular flexibility index (Phi) is 3.89. The van der Waals surface area contributed by atoms with Crippen molar-refractivity contribution in [3.05, 3.63) is 58.1 Å². The molecule has 0 saturated heterocycles. The van der Waals surface area contributed by atoms with Crippen molar-refractivity contribution in [1.29, 1.82) is 0 Å². The van der Waals surface area contributed by atoms with Gasteiger partial charge in [-0.2, -0.15) is 0 Å². The van der Waals surface area contributed by atoms with E-state index < -0.39 is 0 Å². The van der Waals surface area contributed by atoms with E-state index in [0.29, 0.717) is 27.1 Å². The van der Waals surface area contributed by atoms with Crippen molar-refractivity contribution in [2.24, 2.45) is 0 Å². The lowest BCUT2D eigenvalue weighted by Gasteiger charge is -2.12. The molecular weight excluding hydrogens is 259 g/mol. The lowest BCUT2D eigenvalue weighted by atomic mass is 10.2. The molecule has 0 radical (unpaired) electrons. The van der Waals surface area contributed by atoms with Crippen LogP contribution in [0.15, 0.2) is 42.5 Å². The Bertz CT molecular complexity index is 527. The number of aliphatic hydroxyl groups is 1. The van der Waals surface area contributed by atoms with Gasteiger partial charge in [0.15, 0.2) is 5.75 Å². The predicted molar refractivity (Wildman–Crippen MR) is 68.9 cm³/mol. The molecule has 0 spiro atoms. The number of benzene rings is 2. The molecular formula is C13H10Cl2O2. The Balaban J connectivity index is 2.39. The fraction of sp³-hybridized carbons (Fsp3) is 0.0769. The molecule has 0 unspecified atom stereocenters. The average molecular weight is 269 g/mol. The molecule has 0 saturated carbocycles. The van der Waals surface area contributed by atoms with Gasteiger partial charge in [-0.25, -0.2) is 0 Å². The molecule has 1 N–H and O–H groups in total. The van der Waals surface area contributed by atoms with Gasteiger partial charge in [0, 0.05) is 5.56 Å². The van der Waals surface area contributed by atoms with E-state index in [1.165, 1.54) is 0 Å². The molecule has 0 atom stereocenters. The van der Waals surface area contributed by atoms with E-state index in [2.05, 4.69) is 0 Å². The van der Waals surface area contributed by atoms with E-state index in [0.717, 1.165) is 0 Å². The molecule has 0 fully saturated rings. The third-order valence-corrected chi connectivity index (χ3v) is 2.88. The van der Waals surface area contributed by atoms with Gasteiger partial charge in [-0.15, -0.1) is 0 Å². The summed E-state index contributed by atoms with van der Waals surface area (Å²) in [5.41, 5.74) is 0.623. The smallest absolute Gasteiger partial charge is 0.151 e. The van der Waals surface area contributed by atoms with Crippen LogP contribution >= 0.6 is 23.2 Å². The molecule has 0 aliphatic heterocycles. The van der Waals surface area contributed by atoms with Crippen LogP contribution in [0.3, 0.4) is 0 Å². The molecule has 0 heterocycles. The largest absolute Gasteiger partial charge is 0.454 e. The maximum atomic E-state index is 9.22. The quantitative estimate of drug-likeness (QED) is 0.901. The first-order chi connectivity index (χ1) is 8.22. The molecule has 2 aromatic carbocycles. The third kappa shape index (κ3) is 2.72. The Morgan fingerprint density at radius 1 is 0.941 bits per heavy atom. The molecule has 2 aromatic rings. The van der Waals surface area contributed by atoms with Crippen molar-refractivity contribution in [3.8, 4) is 11.5 Å². The van der Waals surface area contributed by atoms with Crippen LogP contribution in [-0.4, -0.2) is 5.11 Å². The van der Waals surface area contributed by atoms with Crippen molar-refractivity contribution >= 4 is 23.2 Å².